The number of aromatic nitrogens is 1. The van der Waals surface area contributed by atoms with Gasteiger partial charge in [0.2, 0.25) is 5.89 Å². The highest BCUT2D eigenvalue weighted by atomic mass is 35.5. The van der Waals surface area contributed by atoms with Gasteiger partial charge in [0.1, 0.15) is 5.52 Å². The number of halogens is 1. The summed E-state index contributed by atoms with van der Waals surface area (Å²) in [6.07, 6.45) is 0.166. The predicted octanol–water partition coefficient (Wildman–Crippen LogP) is 3.50. The molecule has 1 atom stereocenters. The number of carbonyl (C=O) groups is 1. The maximum Gasteiger partial charge on any atom is 0.303 e. The molecule has 1 heterocycles. The topological polar surface area (TPSA) is 52.3 Å². The lowest BCUT2D eigenvalue weighted by Crippen LogP contribution is -2.07. The highest BCUT2D eigenvalue weighted by molar-refractivity contribution is 6.31. The van der Waals surface area contributed by atoms with E-state index in [1.54, 1.807) is 18.2 Å². The molecule has 0 bridgehead atoms. The van der Waals surface area contributed by atoms with Crippen LogP contribution in [0.15, 0.2) is 22.6 Å². The van der Waals surface area contributed by atoms with Gasteiger partial charge in [-0.25, -0.2) is 4.98 Å². The quantitative estimate of drug-likeness (QED) is 0.786. The van der Waals surface area contributed by atoms with Crippen molar-refractivity contribution in [2.45, 2.75) is 26.4 Å². The number of nitrogens with zero attached hydrogens (tertiary/aromatic N) is 1. The monoisotopic (exact) mass is 253 g/mol. The van der Waals surface area contributed by atoms with Crippen molar-refractivity contribution in [3.8, 4) is 0 Å². The zero-order valence-corrected chi connectivity index (χ0v) is 10.3. The average molecular weight is 254 g/mol. The molecule has 1 aromatic heterocycles. The number of rotatable bonds is 3. The molecule has 0 aliphatic heterocycles. The van der Waals surface area contributed by atoms with Gasteiger partial charge in [-0.05, 0) is 24.6 Å². The van der Waals surface area contributed by atoms with Crippen molar-refractivity contribution < 1.29 is 13.9 Å². The second-order valence-electron chi connectivity index (χ2n) is 3.67. The van der Waals surface area contributed by atoms with Crippen molar-refractivity contribution in [1.82, 2.24) is 4.98 Å². The van der Waals surface area contributed by atoms with Crippen LogP contribution >= 0.6 is 11.6 Å². The summed E-state index contributed by atoms with van der Waals surface area (Å²) in [5, 5.41) is 0.595. The molecule has 0 saturated carbocycles. The van der Waals surface area contributed by atoms with Crippen LogP contribution < -0.4 is 0 Å². The van der Waals surface area contributed by atoms with Crippen LogP contribution in [0.2, 0.25) is 5.02 Å². The largest absolute Gasteiger partial charge is 0.453 e. The van der Waals surface area contributed by atoms with Crippen LogP contribution in [0.4, 0.5) is 0 Å². The van der Waals surface area contributed by atoms with Crippen LogP contribution in [0.25, 0.3) is 11.1 Å². The summed E-state index contributed by atoms with van der Waals surface area (Å²) in [5.41, 5.74) is 1.30. The number of benzene rings is 1. The van der Waals surface area contributed by atoms with E-state index in [2.05, 4.69) is 4.98 Å². The molecular formula is C12H12ClNO3. The first-order valence-corrected chi connectivity index (χ1v) is 5.71. The van der Waals surface area contributed by atoms with E-state index in [-0.39, 0.29) is 5.97 Å². The van der Waals surface area contributed by atoms with Crippen LogP contribution in [0.3, 0.4) is 0 Å². The molecule has 0 aliphatic carbocycles. The minimum Gasteiger partial charge on any atom is -0.453 e. The molecule has 1 unspecified atom stereocenters. The number of hydrogen-bond acceptors (Lipinski definition) is 4. The van der Waals surface area contributed by atoms with Gasteiger partial charge in [0.05, 0.1) is 0 Å². The van der Waals surface area contributed by atoms with Crippen molar-refractivity contribution in [2.75, 3.05) is 0 Å². The van der Waals surface area contributed by atoms with Gasteiger partial charge in [-0.1, -0.05) is 18.5 Å². The molecule has 0 aliphatic rings. The van der Waals surface area contributed by atoms with Crippen LogP contribution in [0, 0.1) is 0 Å². The van der Waals surface area contributed by atoms with Crippen LogP contribution in [-0.2, 0) is 9.53 Å². The molecular weight excluding hydrogens is 242 g/mol. The average Bonchev–Trinajstić information content (AvgIpc) is 2.68. The Hall–Kier alpha value is -1.55. The third-order valence-corrected chi connectivity index (χ3v) is 2.56. The van der Waals surface area contributed by atoms with E-state index in [1.165, 1.54) is 6.92 Å². The lowest BCUT2D eigenvalue weighted by molar-refractivity contribution is -0.148. The number of hydrogen-bond donors (Lipinski definition) is 0. The Balaban J connectivity index is 2.37. The SMILES string of the molecule is CCC(OC(C)=O)c1nc2cc(Cl)ccc2o1. The number of fused-ring (bicyclic) bond motifs is 1. The lowest BCUT2D eigenvalue weighted by atomic mass is 10.3. The molecule has 0 saturated heterocycles. The Kier molecular flexibility index (Phi) is 3.33. The molecule has 1 aromatic carbocycles. The maximum atomic E-state index is 10.9. The Bertz CT molecular complexity index is 550. The second-order valence-corrected chi connectivity index (χ2v) is 4.11. The van der Waals surface area contributed by atoms with Crippen LogP contribution in [0.1, 0.15) is 32.3 Å². The number of esters is 1. The highest BCUT2D eigenvalue weighted by Crippen LogP contribution is 2.26. The summed E-state index contributed by atoms with van der Waals surface area (Å²) in [4.78, 5) is 15.2. The van der Waals surface area contributed by atoms with Crippen molar-refractivity contribution >= 4 is 28.7 Å². The van der Waals surface area contributed by atoms with E-state index in [1.807, 2.05) is 6.92 Å². The first-order chi connectivity index (χ1) is 8.10. The Labute approximate surface area is 104 Å². The van der Waals surface area contributed by atoms with Crippen molar-refractivity contribution in [3.05, 3.63) is 29.1 Å². The summed E-state index contributed by atoms with van der Waals surface area (Å²) < 4.78 is 10.6. The van der Waals surface area contributed by atoms with Crippen molar-refractivity contribution in [3.63, 3.8) is 0 Å². The molecule has 0 fully saturated rings. The minimum absolute atomic E-state index is 0.350. The summed E-state index contributed by atoms with van der Waals surface area (Å²) in [5.74, 6) is 0.0529. The van der Waals surface area contributed by atoms with Gasteiger partial charge in [0, 0.05) is 11.9 Å². The molecule has 0 radical (unpaired) electrons. The molecule has 0 N–H and O–H groups in total. The fourth-order valence-corrected chi connectivity index (χ4v) is 1.73. The van der Waals surface area contributed by atoms with Crippen LogP contribution in [-0.4, -0.2) is 11.0 Å². The minimum atomic E-state index is -0.446. The molecule has 17 heavy (non-hydrogen) atoms. The van der Waals surface area contributed by atoms with Crippen molar-refractivity contribution in [1.29, 1.82) is 0 Å². The number of oxazole rings is 1. The normalized spacial score (nSPS) is 12.6. The Morgan fingerprint density at radius 2 is 2.35 bits per heavy atom. The first-order valence-electron chi connectivity index (χ1n) is 5.33. The van der Waals surface area contributed by atoms with Crippen LogP contribution in [0.5, 0.6) is 0 Å². The van der Waals surface area contributed by atoms with Gasteiger partial charge in [-0.15, -0.1) is 0 Å². The highest BCUT2D eigenvalue weighted by Gasteiger charge is 2.19. The first kappa shape index (κ1) is 11.9. The summed E-state index contributed by atoms with van der Waals surface area (Å²) >= 11 is 5.86. The van der Waals surface area contributed by atoms with Gasteiger partial charge < -0.3 is 9.15 Å². The molecule has 2 aromatic rings. The summed E-state index contributed by atoms with van der Waals surface area (Å²) in [6.45, 7) is 3.26. The van der Waals surface area contributed by atoms with Gasteiger partial charge in [-0.3, -0.25) is 4.79 Å². The molecule has 4 nitrogen and oxygen atoms in total. The van der Waals surface area contributed by atoms with E-state index >= 15 is 0 Å². The smallest absolute Gasteiger partial charge is 0.303 e. The number of carbonyl (C=O) groups excluding carboxylic acids is 1. The molecule has 90 valence electrons. The standard InChI is InChI=1S/C12H12ClNO3/c1-3-10(16-7(2)15)12-14-9-6-8(13)4-5-11(9)17-12/h4-6,10H,3H2,1-2H3. The van der Waals surface area contributed by atoms with E-state index in [9.17, 15) is 4.79 Å². The predicted molar refractivity (Wildman–Crippen MR) is 63.8 cm³/mol. The molecule has 0 amide bonds. The van der Waals surface area contributed by atoms with E-state index in [4.69, 9.17) is 20.8 Å². The lowest BCUT2D eigenvalue weighted by Gasteiger charge is -2.10. The third-order valence-electron chi connectivity index (χ3n) is 2.32. The molecule has 0 spiro atoms. The zero-order chi connectivity index (χ0) is 12.4. The Morgan fingerprint density at radius 3 is 3.00 bits per heavy atom. The summed E-state index contributed by atoms with van der Waals surface area (Å²) in [7, 11) is 0. The molecule has 5 heteroatoms. The molecule has 2 rings (SSSR count). The third kappa shape index (κ3) is 2.58. The van der Waals surface area contributed by atoms with Gasteiger partial charge in [-0.2, -0.15) is 0 Å². The van der Waals surface area contributed by atoms with Gasteiger partial charge in [0.15, 0.2) is 11.7 Å². The second kappa shape index (κ2) is 4.75. The van der Waals surface area contributed by atoms with Crippen molar-refractivity contribution in [2.24, 2.45) is 0 Å². The summed E-state index contributed by atoms with van der Waals surface area (Å²) in [6, 6.07) is 5.19. The number of ether oxygens (including phenoxy) is 1. The zero-order valence-electron chi connectivity index (χ0n) is 9.57. The fraction of sp³-hybridized carbons (Fsp3) is 0.333. The Morgan fingerprint density at radius 1 is 1.59 bits per heavy atom. The van der Waals surface area contributed by atoms with Gasteiger partial charge >= 0.3 is 5.97 Å². The maximum absolute atomic E-state index is 10.9. The van der Waals surface area contributed by atoms with E-state index in [0.29, 0.717) is 28.4 Å². The van der Waals surface area contributed by atoms with E-state index < -0.39 is 6.10 Å². The fourth-order valence-electron chi connectivity index (χ4n) is 1.56. The van der Waals surface area contributed by atoms with Gasteiger partial charge in [0.25, 0.3) is 0 Å². The van der Waals surface area contributed by atoms with E-state index in [0.717, 1.165) is 0 Å².